The molecule has 2 atom stereocenters. The minimum atomic E-state index is -0.959. The van der Waals surface area contributed by atoms with Gasteiger partial charge in [0.2, 0.25) is 0 Å². The molecule has 3 heterocycles. The summed E-state index contributed by atoms with van der Waals surface area (Å²) in [6.07, 6.45) is -0.959. The van der Waals surface area contributed by atoms with E-state index in [1.54, 1.807) is 24.7 Å². The summed E-state index contributed by atoms with van der Waals surface area (Å²) in [5.74, 6) is -0.942. The number of esters is 1. The molecule has 164 valence electrons. The highest BCUT2D eigenvalue weighted by molar-refractivity contribution is 7.13. The van der Waals surface area contributed by atoms with Crippen LogP contribution < -0.4 is 5.32 Å². The molecule has 2 unspecified atom stereocenters. The number of amides is 1. The van der Waals surface area contributed by atoms with Crippen LogP contribution in [0, 0.1) is 6.92 Å². The van der Waals surface area contributed by atoms with Crippen molar-refractivity contribution < 1.29 is 14.3 Å². The molecule has 0 spiro atoms. The number of nitrogens with zero attached hydrogens (tertiary/aromatic N) is 3. The number of thiophene rings is 1. The number of aryl methyl sites for hydroxylation is 2. The maximum absolute atomic E-state index is 13.1. The Morgan fingerprint density at radius 3 is 2.56 bits per heavy atom. The standard InChI is InChI=1S/C24H24N4O3S/c1-14(17-9-6-5-7-10-17)25-23(29)16(3)31-24(30)18-13-19(20-11-8-12-32-20)26-22-21(18)15(2)27-28(22)4/h5-14,16H,1-4H3,(H,25,29). The lowest BCUT2D eigenvalue weighted by Crippen LogP contribution is -2.37. The van der Waals surface area contributed by atoms with E-state index in [1.807, 2.05) is 61.7 Å². The van der Waals surface area contributed by atoms with E-state index in [0.29, 0.717) is 28.0 Å². The molecule has 1 aromatic carbocycles. The molecule has 0 aliphatic rings. The third kappa shape index (κ3) is 4.27. The van der Waals surface area contributed by atoms with E-state index in [2.05, 4.69) is 10.4 Å². The van der Waals surface area contributed by atoms with Gasteiger partial charge >= 0.3 is 5.97 Å². The summed E-state index contributed by atoms with van der Waals surface area (Å²) in [6, 6.07) is 15.0. The Kier molecular flexibility index (Phi) is 6.05. The molecule has 4 aromatic rings. The van der Waals surface area contributed by atoms with Crippen LogP contribution in [0.4, 0.5) is 0 Å². The molecule has 0 aliphatic heterocycles. The zero-order valence-electron chi connectivity index (χ0n) is 18.3. The molecule has 0 bridgehead atoms. The van der Waals surface area contributed by atoms with Crippen LogP contribution in [-0.2, 0) is 16.6 Å². The molecule has 1 amide bonds. The third-order valence-electron chi connectivity index (χ3n) is 5.27. The van der Waals surface area contributed by atoms with Crippen LogP contribution in [-0.4, -0.2) is 32.7 Å². The van der Waals surface area contributed by atoms with Gasteiger partial charge in [0.1, 0.15) is 0 Å². The van der Waals surface area contributed by atoms with Gasteiger partial charge in [-0.05, 0) is 43.8 Å². The summed E-state index contributed by atoms with van der Waals surface area (Å²) in [7, 11) is 1.79. The fourth-order valence-corrected chi connectivity index (χ4v) is 4.28. The van der Waals surface area contributed by atoms with Gasteiger partial charge in [0, 0.05) is 7.05 Å². The van der Waals surface area contributed by atoms with E-state index in [1.165, 1.54) is 11.3 Å². The lowest BCUT2D eigenvalue weighted by molar-refractivity contribution is -0.129. The highest BCUT2D eigenvalue weighted by atomic mass is 32.1. The van der Waals surface area contributed by atoms with Crippen LogP contribution in [0.5, 0.6) is 0 Å². The fourth-order valence-electron chi connectivity index (χ4n) is 3.59. The van der Waals surface area contributed by atoms with Crippen LogP contribution in [0.3, 0.4) is 0 Å². The number of pyridine rings is 1. The molecule has 0 radical (unpaired) electrons. The van der Waals surface area contributed by atoms with Gasteiger partial charge in [0.05, 0.1) is 33.3 Å². The summed E-state index contributed by atoms with van der Waals surface area (Å²) in [5.41, 5.74) is 3.25. The summed E-state index contributed by atoms with van der Waals surface area (Å²) in [6.45, 7) is 5.28. The van der Waals surface area contributed by atoms with Gasteiger partial charge in [-0.2, -0.15) is 5.10 Å². The van der Waals surface area contributed by atoms with Crippen LogP contribution in [0.2, 0.25) is 0 Å². The van der Waals surface area contributed by atoms with Crippen molar-refractivity contribution in [1.82, 2.24) is 20.1 Å². The van der Waals surface area contributed by atoms with Crippen molar-refractivity contribution in [3.63, 3.8) is 0 Å². The molecule has 32 heavy (non-hydrogen) atoms. The minimum absolute atomic E-state index is 0.205. The Hall–Kier alpha value is -3.52. The minimum Gasteiger partial charge on any atom is -0.449 e. The van der Waals surface area contributed by atoms with E-state index in [0.717, 1.165) is 10.4 Å². The summed E-state index contributed by atoms with van der Waals surface area (Å²) in [5, 5.41) is 9.89. The van der Waals surface area contributed by atoms with Crippen molar-refractivity contribution in [3.05, 3.63) is 70.7 Å². The Balaban J connectivity index is 1.58. The zero-order chi connectivity index (χ0) is 22.8. The summed E-state index contributed by atoms with van der Waals surface area (Å²) < 4.78 is 7.22. The summed E-state index contributed by atoms with van der Waals surface area (Å²) in [4.78, 5) is 31.4. The van der Waals surface area contributed by atoms with Crippen molar-refractivity contribution >= 4 is 34.2 Å². The molecule has 0 saturated heterocycles. The predicted octanol–water partition coefficient (Wildman–Crippen LogP) is 4.43. The van der Waals surface area contributed by atoms with Gasteiger partial charge in [-0.1, -0.05) is 36.4 Å². The van der Waals surface area contributed by atoms with E-state index in [-0.39, 0.29) is 11.9 Å². The number of aromatic nitrogens is 3. The first-order valence-electron chi connectivity index (χ1n) is 10.3. The first kappa shape index (κ1) is 21.7. The Bertz CT molecular complexity index is 1270. The van der Waals surface area contributed by atoms with Crippen molar-refractivity contribution in [2.24, 2.45) is 7.05 Å². The second-order valence-corrected chi connectivity index (χ2v) is 8.58. The first-order valence-corrected chi connectivity index (χ1v) is 11.2. The molecule has 8 heteroatoms. The fraction of sp³-hybridized carbons (Fsp3) is 0.250. The van der Waals surface area contributed by atoms with Crippen molar-refractivity contribution in [2.75, 3.05) is 0 Å². The molecule has 1 N–H and O–H groups in total. The number of hydrogen-bond acceptors (Lipinski definition) is 6. The quantitative estimate of drug-likeness (QED) is 0.441. The number of ether oxygens (including phenoxy) is 1. The molecule has 7 nitrogen and oxygen atoms in total. The molecule has 0 saturated carbocycles. The molecule has 0 aliphatic carbocycles. The van der Waals surface area contributed by atoms with Gasteiger partial charge in [-0.3, -0.25) is 9.48 Å². The maximum atomic E-state index is 13.1. The largest absolute Gasteiger partial charge is 0.449 e. The highest BCUT2D eigenvalue weighted by Gasteiger charge is 2.25. The van der Waals surface area contributed by atoms with E-state index >= 15 is 0 Å². The van der Waals surface area contributed by atoms with E-state index in [4.69, 9.17) is 9.72 Å². The molecule has 4 rings (SSSR count). The molecule has 0 fully saturated rings. The van der Waals surface area contributed by atoms with E-state index < -0.39 is 12.1 Å². The SMILES string of the molecule is Cc1nn(C)c2nc(-c3cccs3)cc(C(=O)OC(C)C(=O)NC(C)c3ccccc3)c12. The van der Waals surface area contributed by atoms with Crippen molar-refractivity contribution in [3.8, 4) is 10.6 Å². The molecular weight excluding hydrogens is 424 g/mol. The predicted molar refractivity (Wildman–Crippen MR) is 124 cm³/mol. The smallest absolute Gasteiger partial charge is 0.339 e. The summed E-state index contributed by atoms with van der Waals surface area (Å²) >= 11 is 1.53. The maximum Gasteiger partial charge on any atom is 0.339 e. The third-order valence-corrected chi connectivity index (χ3v) is 6.17. The van der Waals surface area contributed by atoms with Crippen LogP contribution in [0.1, 0.15) is 41.5 Å². The number of carbonyl (C=O) groups is 2. The number of rotatable bonds is 6. The second kappa shape index (κ2) is 8.92. The highest BCUT2D eigenvalue weighted by Crippen LogP contribution is 2.29. The Morgan fingerprint density at radius 2 is 1.88 bits per heavy atom. The topological polar surface area (TPSA) is 86.1 Å². The van der Waals surface area contributed by atoms with Crippen molar-refractivity contribution in [2.45, 2.75) is 32.9 Å². The second-order valence-electron chi connectivity index (χ2n) is 7.63. The van der Waals surface area contributed by atoms with Gasteiger partial charge in [-0.15, -0.1) is 11.3 Å². The Morgan fingerprint density at radius 1 is 1.12 bits per heavy atom. The average molecular weight is 449 g/mol. The van der Waals surface area contributed by atoms with Gasteiger partial charge in [0.15, 0.2) is 11.8 Å². The molecule has 3 aromatic heterocycles. The van der Waals surface area contributed by atoms with Crippen LogP contribution >= 0.6 is 11.3 Å². The zero-order valence-corrected chi connectivity index (χ0v) is 19.1. The number of carbonyl (C=O) groups excluding carboxylic acids is 2. The first-order chi connectivity index (χ1) is 15.3. The Labute approximate surface area is 190 Å². The number of benzene rings is 1. The van der Waals surface area contributed by atoms with E-state index in [9.17, 15) is 9.59 Å². The van der Waals surface area contributed by atoms with Crippen LogP contribution in [0.25, 0.3) is 21.6 Å². The monoisotopic (exact) mass is 448 g/mol. The normalized spacial score (nSPS) is 13.0. The van der Waals surface area contributed by atoms with Crippen molar-refractivity contribution in [1.29, 1.82) is 0 Å². The average Bonchev–Trinajstić information content (AvgIpc) is 3.42. The van der Waals surface area contributed by atoms with Crippen LogP contribution in [0.15, 0.2) is 53.9 Å². The lowest BCUT2D eigenvalue weighted by Gasteiger charge is -2.18. The number of nitrogens with one attached hydrogen (secondary N) is 1. The van der Waals surface area contributed by atoms with Gasteiger partial charge in [0.25, 0.3) is 5.91 Å². The number of hydrogen-bond donors (Lipinski definition) is 1. The number of fused-ring (bicyclic) bond motifs is 1. The van der Waals surface area contributed by atoms with Gasteiger partial charge < -0.3 is 10.1 Å². The lowest BCUT2D eigenvalue weighted by atomic mass is 10.1. The molecular formula is C24H24N4O3S. The van der Waals surface area contributed by atoms with Gasteiger partial charge in [-0.25, -0.2) is 9.78 Å².